The van der Waals surface area contributed by atoms with Gasteiger partial charge in [-0.05, 0) is 35.0 Å². The SMILES string of the molecule is c1ccc2c(c1)oc1c(-c3cc4sc5c(c6cccc7ccc8c9ccccc9n5c8c76)c4s3)cccc12. The molecule has 0 aliphatic rings. The van der Waals surface area contributed by atoms with E-state index in [-0.39, 0.29) is 0 Å². The van der Waals surface area contributed by atoms with Crippen LogP contribution in [0.5, 0.6) is 0 Å². The summed E-state index contributed by atoms with van der Waals surface area (Å²) in [6, 6.07) is 37.4. The summed E-state index contributed by atoms with van der Waals surface area (Å²) < 4.78 is 11.6. The molecule has 0 saturated carbocycles. The fourth-order valence-electron chi connectivity index (χ4n) is 6.59. The molecular formula is C34H17NOS2. The van der Waals surface area contributed by atoms with Gasteiger partial charge in [-0.1, -0.05) is 78.9 Å². The number of hydrogen-bond acceptors (Lipinski definition) is 3. The molecule has 0 atom stereocenters. The average Bonchev–Trinajstić information content (AvgIpc) is 3.70. The molecule has 176 valence electrons. The number of aromatic nitrogens is 1. The van der Waals surface area contributed by atoms with E-state index in [0.717, 1.165) is 11.2 Å². The van der Waals surface area contributed by atoms with Gasteiger partial charge < -0.3 is 4.42 Å². The molecule has 5 aromatic carbocycles. The van der Waals surface area contributed by atoms with Gasteiger partial charge >= 0.3 is 0 Å². The molecule has 5 heterocycles. The molecule has 10 rings (SSSR count). The average molecular weight is 520 g/mol. The second-order valence-electron chi connectivity index (χ2n) is 10.1. The molecule has 4 heteroatoms. The molecule has 10 aromatic rings. The third kappa shape index (κ3) is 2.26. The maximum atomic E-state index is 6.40. The highest BCUT2D eigenvalue weighted by atomic mass is 32.1. The Morgan fingerprint density at radius 1 is 0.605 bits per heavy atom. The topological polar surface area (TPSA) is 17.6 Å². The van der Waals surface area contributed by atoms with Crippen LogP contribution in [0.1, 0.15) is 0 Å². The van der Waals surface area contributed by atoms with Crippen LogP contribution in [0.4, 0.5) is 0 Å². The first-order valence-corrected chi connectivity index (χ1v) is 14.4. The molecule has 0 spiro atoms. The predicted octanol–water partition coefficient (Wildman–Crippen LogP) is 10.8. The molecule has 0 N–H and O–H groups in total. The molecule has 0 amide bonds. The zero-order chi connectivity index (χ0) is 24.5. The van der Waals surface area contributed by atoms with Gasteiger partial charge in [0.1, 0.15) is 16.0 Å². The summed E-state index contributed by atoms with van der Waals surface area (Å²) in [5, 5.41) is 10.4. The van der Waals surface area contributed by atoms with Gasteiger partial charge in [0.15, 0.2) is 0 Å². The van der Waals surface area contributed by atoms with Gasteiger partial charge in [0, 0.05) is 47.5 Å². The van der Waals surface area contributed by atoms with Crippen molar-refractivity contribution in [3.63, 3.8) is 0 Å². The van der Waals surface area contributed by atoms with Gasteiger partial charge in [0.05, 0.1) is 15.7 Å². The minimum atomic E-state index is 0.942. The first-order chi connectivity index (χ1) is 18.8. The van der Waals surface area contributed by atoms with E-state index in [9.17, 15) is 0 Å². The zero-order valence-corrected chi connectivity index (χ0v) is 21.6. The molecule has 0 fully saturated rings. The van der Waals surface area contributed by atoms with Crippen molar-refractivity contribution in [1.29, 1.82) is 0 Å². The number of thiophene rings is 2. The summed E-state index contributed by atoms with van der Waals surface area (Å²) in [5.74, 6) is 0. The van der Waals surface area contributed by atoms with Gasteiger partial charge in [-0.3, -0.25) is 4.40 Å². The maximum absolute atomic E-state index is 6.40. The predicted molar refractivity (Wildman–Crippen MR) is 165 cm³/mol. The Labute approximate surface area is 223 Å². The largest absolute Gasteiger partial charge is 0.455 e. The lowest BCUT2D eigenvalue weighted by Gasteiger charge is -2.10. The highest BCUT2D eigenvalue weighted by Gasteiger charge is 2.23. The number of nitrogens with zero attached hydrogens (tertiary/aromatic N) is 1. The van der Waals surface area contributed by atoms with Crippen molar-refractivity contribution >= 4 is 102 Å². The lowest BCUT2D eigenvalue weighted by atomic mass is 10.0. The van der Waals surface area contributed by atoms with E-state index in [1.807, 2.05) is 28.7 Å². The summed E-state index contributed by atoms with van der Waals surface area (Å²) in [6.45, 7) is 0. The monoisotopic (exact) mass is 519 g/mol. The maximum Gasteiger partial charge on any atom is 0.144 e. The van der Waals surface area contributed by atoms with E-state index in [1.165, 1.54) is 78.8 Å². The van der Waals surface area contributed by atoms with E-state index in [4.69, 9.17) is 4.42 Å². The molecule has 2 nitrogen and oxygen atoms in total. The molecule has 0 radical (unpaired) electrons. The molecular weight excluding hydrogens is 503 g/mol. The van der Waals surface area contributed by atoms with Crippen molar-refractivity contribution in [3.8, 4) is 10.4 Å². The van der Waals surface area contributed by atoms with Crippen LogP contribution in [-0.4, -0.2) is 4.40 Å². The van der Waals surface area contributed by atoms with Crippen molar-refractivity contribution in [3.05, 3.63) is 103 Å². The van der Waals surface area contributed by atoms with Crippen LogP contribution < -0.4 is 0 Å². The highest BCUT2D eigenvalue weighted by Crippen LogP contribution is 2.50. The van der Waals surface area contributed by atoms with E-state index >= 15 is 0 Å². The van der Waals surface area contributed by atoms with Crippen LogP contribution in [-0.2, 0) is 0 Å². The molecule has 0 aliphatic carbocycles. The smallest absolute Gasteiger partial charge is 0.144 e. The quantitative estimate of drug-likeness (QED) is 0.211. The zero-order valence-electron chi connectivity index (χ0n) is 20.0. The lowest BCUT2D eigenvalue weighted by molar-refractivity contribution is 0.670. The summed E-state index contributed by atoms with van der Waals surface area (Å²) >= 11 is 3.80. The molecule has 0 bridgehead atoms. The van der Waals surface area contributed by atoms with Gasteiger partial charge in [-0.2, -0.15) is 0 Å². The Bertz CT molecular complexity index is 2570. The Balaban J connectivity index is 1.37. The first-order valence-electron chi connectivity index (χ1n) is 12.8. The number of hydrogen-bond donors (Lipinski definition) is 0. The summed E-state index contributed by atoms with van der Waals surface area (Å²) in [5.41, 5.74) is 5.71. The normalized spacial score (nSPS) is 12.7. The lowest BCUT2D eigenvalue weighted by Crippen LogP contribution is -1.89. The second kappa shape index (κ2) is 6.73. The van der Waals surface area contributed by atoms with Crippen molar-refractivity contribution in [2.45, 2.75) is 0 Å². The van der Waals surface area contributed by atoms with Crippen molar-refractivity contribution in [2.75, 3.05) is 0 Å². The second-order valence-corrected chi connectivity index (χ2v) is 12.2. The van der Waals surface area contributed by atoms with Crippen molar-refractivity contribution in [2.24, 2.45) is 0 Å². The van der Waals surface area contributed by atoms with Gasteiger partial charge in [0.2, 0.25) is 0 Å². The fraction of sp³-hybridized carbons (Fsp3) is 0. The highest BCUT2D eigenvalue weighted by molar-refractivity contribution is 7.34. The van der Waals surface area contributed by atoms with Crippen molar-refractivity contribution in [1.82, 2.24) is 4.40 Å². The number of benzene rings is 5. The third-order valence-electron chi connectivity index (χ3n) is 8.16. The summed E-state index contributed by atoms with van der Waals surface area (Å²) in [7, 11) is 0. The molecule has 38 heavy (non-hydrogen) atoms. The van der Waals surface area contributed by atoms with Crippen LogP contribution in [0.3, 0.4) is 0 Å². The molecule has 5 aromatic heterocycles. The van der Waals surface area contributed by atoms with E-state index < -0.39 is 0 Å². The Morgan fingerprint density at radius 2 is 1.42 bits per heavy atom. The van der Waals surface area contributed by atoms with Crippen LogP contribution in [0.2, 0.25) is 0 Å². The first kappa shape index (κ1) is 19.7. The standard InChI is InChI=1S/C34H17NOS2/c1-3-13-25-19(8-1)21-16-15-18-7-5-12-24-29(18)31(21)35(25)34-30(24)33-28(38-34)17-27(37-33)23-11-6-10-22-20-9-2-4-14-26(20)36-32(22)23/h1-17H. The number of rotatable bonds is 1. The van der Waals surface area contributed by atoms with Crippen LogP contribution >= 0.6 is 22.7 Å². The van der Waals surface area contributed by atoms with Gasteiger partial charge in [0.25, 0.3) is 0 Å². The number of furan rings is 1. The Morgan fingerprint density at radius 3 is 2.39 bits per heavy atom. The fourth-order valence-corrected chi connectivity index (χ4v) is 9.29. The Kier molecular flexibility index (Phi) is 3.49. The molecule has 0 aliphatic heterocycles. The number of pyridine rings is 1. The van der Waals surface area contributed by atoms with E-state index in [1.54, 1.807) is 0 Å². The minimum Gasteiger partial charge on any atom is -0.455 e. The number of fused-ring (bicyclic) bond motifs is 11. The van der Waals surface area contributed by atoms with Crippen LogP contribution in [0, 0.1) is 0 Å². The minimum absolute atomic E-state index is 0.942. The molecule has 0 unspecified atom stereocenters. The van der Waals surface area contributed by atoms with Gasteiger partial charge in [-0.15, -0.1) is 22.7 Å². The molecule has 0 saturated heterocycles. The third-order valence-corrected chi connectivity index (χ3v) is 10.6. The summed E-state index contributed by atoms with van der Waals surface area (Å²) in [6.07, 6.45) is 0. The summed E-state index contributed by atoms with van der Waals surface area (Å²) in [4.78, 5) is 2.59. The van der Waals surface area contributed by atoms with Crippen LogP contribution in [0.25, 0.3) is 90.0 Å². The van der Waals surface area contributed by atoms with E-state index in [2.05, 4.69) is 101 Å². The van der Waals surface area contributed by atoms with Crippen LogP contribution in [0.15, 0.2) is 108 Å². The number of para-hydroxylation sites is 3. The van der Waals surface area contributed by atoms with E-state index in [0.29, 0.717) is 0 Å². The van der Waals surface area contributed by atoms with Gasteiger partial charge in [-0.25, -0.2) is 0 Å². The Hall–Kier alpha value is -4.38. The van der Waals surface area contributed by atoms with Crippen molar-refractivity contribution < 1.29 is 4.42 Å².